The first-order valence-corrected chi connectivity index (χ1v) is 7.93. The molecule has 0 bridgehead atoms. The fourth-order valence-electron chi connectivity index (χ4n) is 2.38. The van der Waals surface area contributed by atoms with E-state index < -0.39 is 0 Å². The number of amides is 1. The normalized spacial score (nSPS) is 10.5. The molecule has 3 aromatic rings. The standard InChI is InChI=1S/C19H16ClNO4/c1-24-18-7-5-13(10-16(18)20)19(23)21-14-4-2-3-12(9-14)17-8-6-15(11-22)25-17/h2-10,22H,11H2,1H3,(H,21,23). The smallest absolute Gasteiger partial charge is 0.255 e. The van der Waals surface area contributed by atoms with Gasteiger partial charge in [0, 0.05) is 16.8 Å². The van der Waals surface area contributed by atoms with Crippen molar-refractivity contribution < 1.29 is 19.1 Å². The predicted octanol–water partition coefficient (Wildman–Crippen LogP) is 4.35. The molecule has 0 saturated heterocycles. The van der Waals surface area contributed by atoms with Crippen molar-refractivity contribution >= 4 is 23.2 Å². The summed E-state index contributed by atoms with van der Waals surface area (Å²) in [6, 6.07) is 15.6. The van der Waals surface area contributed by atoms with Crippen molar-refractivity contribution in [3.05, 3.63) is 70.9 Å². The summed E-state index contributed by atoms with van der Waals surface area (Å²) in [4.78, 5) is 12.4. The number of aliphatic hydroxyl groups excluding tert-OH is 1. The quantitative estimate of drug-likeness (QED) is 0.712. The number of hydrogen-bond acceptors (Lipinski definition) is 4. The highest BCUT2D eigenvalue weighted by molar-refractivity contribution is 6.32. The van der Waals surface area contributed by atoms with Crippen LogP contribution in [0.5, 0.6) is 5.75 Å². The third kappa shape index (κ3) is 3.84. The number of hydrogen-bond donors (Lipinski definition) is 2. The maximum atomic E-state index is 12.4. The summed E-state index contributed by atoms with van der Waals surface area (Å²) in [6.07, 6.45) is 0. The number of nitrogens with one attached hydrogen (secondary N) is 1. The lowest BCUT2D eigenvalue weighted by Gasteiger charge is -2.08. The van der Waals surface area contributed by atoms with E-state index in [1.807, 2.05) is 12.1 Å². The van der Waals surface area contributed by atoms with Crippen molar-refractivity contribution in [1.82, 2.24) is 0 Å². The number of benzene rings is 2. The van der Waals surface area contributed by atoms with Gasteiger partial charge in [0.25, 0.3) is 5.91 Å². The van der Waals surface area contributed by atoms with Gasteiger partial charge in [0.1, 0.15) is 23.9 Å². The molecular formula is C19H16ClNO4. The highest BCUT2D eigenvalue weighted by atomic mass is 35.5. The summed E-state index contributed by atoms with van der Waals surface area (Å²) in [5.74, 6) is 1.33. The van der Waals surface area contributed by atoms with Gasteiger partial charge in [0.05, 0.1) is 12.1 Å². The van der Waals surface area contributed by atoms with Gasteiger partial charge < -0.3 is 19.6 Å². The molecule has 0 spiro atoms. The van der Waals surface area contributed by atoms with Crippen LogP contribution < -0.4 is 10.1 Å². The molecule has 0 unspecified atom stereocenters. The second kappa shape index (κ2) is 7.42. The number of methoxy groups -OCH3 is 1. The Labute approximate surface area is 149 Å². The Kier molecular flexibility index (Phi) is 5.07. The van der Waals surface area contributed by atoms with Crippen LogP contribution in [-0.4, -0.2) is 18.1 Å². The summed E-state index contributed by atoms with van der Waals surface area (Å²) in [5.41, 5.74) is 1.85. The zero-order valence-corrected chi connectivity index (χ0v) is 14.2. The average Bonchev–Trinajstić information content (AvgIpc) is 3.11. The average molecular weight is 358 g/mol. The van der Waals surface area contributed by atoms with Gasteiger partial charge in [-0.2, -0.15) is 0 Å². The number of aliphatic hydroxyl groups is 1. The topological polar surface area (TPSA) is 71.7 Å². The Morgan fingerprint density at radius 1 is 1.20 bits per heavy atom. The fraction of sp³-hybridized carbons (Fsp3) is 0.105. The number of carbonyl (C=O) groups is 1. The molecule has 3 rings (SSSR count). The van der Waals surface area contributed by atoms with Crippen LogP contribution in [0.3, 0.4) is 0 Å². The Morgan fingerprint density at radius 3 is 2.72 bits per heavy atom. The second-order valence-electron chi connectivity index (χ2n) is 5.31. The van der Waals surface area contributed by atoms with Gasteiger partial charge in [0.2, 0.25) is 0 Å². The number of carbonyl (C=O) groups excluding carboxylic acids is 1. The summed E-state index contributed by atoms with van der Waals surface area (Å²) in [5, 5.41) is 12.3. The van der Waals surface area contributed by atoms with E-state index >= 15 is 0 Å². The Balaban J connectivity index is 1.79. The molecule has 1 heterocycles. The van der Waals surface area contributed by atoms with Gasteiger partial charge in [-0.05, 0) is 42.5 Å². The van der Waals surface area contributed by atoms with Crippen molar-refractivity contribution in [2.75, 3.05) is 12.4 Å². The lowest BCUT2D eigenvalue weighted by atomic mass is 10.1. The summed E-state index contributed by atoms with van der Waals surface area (Å²) >= 11 is 6.06. The number of anilines is 1. The summed E-state index contributed by atoms with van der Waals surface area (Å²) in [6.45, 7) is -0.158. The van der Waals surface area contributed by atoms with Gasteiger partial charge in [0.15, 0.2) is 0 Å². The first-order valence-electron chi connectivity index (χ1n) is 7.55. The minimum atomic E-state index is -0.280. The molecule has 2 N–H and O–H groups in total. The molecule has 2 aromatic carbocycles. The summed E-state index contributed by atoms with van der Waals surface area (Å²) < 4.78 is 10.6. The van der Waals surface area contributed by atoms with E-state index in [1.54, 1.807) is 42.5 Å². The van der Waals surface area contributed by atoms with Crippen molar-refractivity contribution in [2.24, 2.45) is 0 Å². The highest BCUT2D eigenvalue weighted by Gasteiger charge is 2.11. The van der Waals surface area contributed by atoms with E-state index in [0.717, 1.165) is 5.56 Å². The minimum absolute atomic E-state index is 0.158. The number of halogens is 1. The first kappa shape index (κ1) is 17.1. The van der Waals surface area contributed by atoms with Gasteiger partial charge in [-0.25, -0.2) is 0 Å². The minimum Gasteiger partial charge on any atom is -0.495 e. The lowest BCUT2D eigenvalue weighted by molar-refractivity contribution is 0.102. The maximum absolute atomic E-state index is 12.4. The predicted molar refractivity (Wildman–Crippen MR) is 96.0 cm³/mol. The van der Waals surface area contributed by atoms with Crippen LogP contribution in [0.15, 0.2) is 59.0 Å². The van der Waals surface area contributed by atoms with E-state index in [0.29, 0.717) is 33.5 Å². The third-order valence-corrected chi connectivity index (χ3v) is 3.93. The van der Waals surface area contributed by atoms with Crippen LogP contribution in [0.2, 0.25) is 5.02 Å². The Morgan fingerprint density at radius 2 is 2.04 bits per heavy atom. The summed E-state index contributed by atoms with van der Waals surface area (Å²) in [7, 11) is 1.52. The van der Waals surface area contributed by atoms with Crippen molar-refractivity contribution in [2.45, 2.75) is 6.61 Å². The molecule has 25 heavy (non-hydrogen) atoms. The molecule has 5 nitrogen and oxygen atoms in total. The van der Waals surface area contributed by atoms with Crippen LogP contribution in [0.4, 0.5) is 5.69 Å². The van der Waals surface area contributed by atoms with Crippen LogP contribution in [-0.2, 0) is 6.61 Å². The molecule has 0 fully saturated rings. The van der Waals surface area contributed by atoms with Gasteiger partial charge in [-0.15, -0.1) is 0 Å². The van der Waals surface area contributed by atoms with Crippen LogP contribution in [0.1, 0.15) is 16.1 Å². The fourth-order valence-corrected chi connectivity index (χ4v) is 2.64. The van der Waals surface area contributed by atoms with Gasteiger partial charge >= 0.3 is 0 Å². The molecule has 6 heteroatoms. The molecule has 0 radical (unpaired) electrons. The van der Waals surface area contributed by atoms with Gasteiger partial charge in [-0.3, -0.25) is 4.79 Å². The van der Waals surface area contributed by atoms with Crippen LogP contribution >= 0.6 is 11.6 Å². The van der Waals surface area contributed by atoms with Crippen LogP contribution in [0, 0.1) is 0 Å². The molecule has 1 amide bonds. The third-order valence-electron chi connectivity index (χ3n) is 3.64. The number of furan rings is 1. The molecule has 1 aromatic heterocycles. The van der Waals surface area contributed by atoms with E-state index in [4.69, 9.17) is 25.9 Å². The SMILES string of the molecule is COc1ccc(C(=O)Nc2cccc(-c3ccc(CO)o3)c2)cc1Cl. The maximum Gasteiger partial charge on any atom is 0.255 e. The van der Waals surface area contributed by atoms with E-state index in [-0.39, 0.29) is 12.5 Å². The van der Waals surface area contributed by atoms with Crippen molar-refractivity contribution in [3.63, 3.8) is 0 Å². The number of ether oxygens (including phenoxy) is 1. The highest BCUT2D eigenvalue weighted by Crippen LogP contribution is 2.27. The lowest BCUT2D eigenvalue weighted by Crippen LogP contribution is -2.11. The van der Waals surface area contributed by atoms with Crippen molar-refractivity contribution in [1.29, 1.82) is 0 Å². The molecular weight excluding hydrogens is 342 g/mol. The molecule has 0 atom stereocenters. The zero-order valence-electron chi connectivity index (χ0n) is 13.5. The molecule has 128 valence electrons. The molecule has 0 saturated carbocycles. The Hall–Kier alpha value is -2.76. The van der Waals surface area contributed by atoms with E-state index in [9.17, 15) is 4.79 Å². The zero-order chi connectivity index (χ0) is 17.8. The largest absolute Gasteiger partial charge is 0.495 e. The monoisotopic (exact) mass is 357 g/mol. The van der Waals surface area contributed by atoms with E-state index in [2.05, 4.69) is 5.32 Å². The van der Waals surface area contributed by atoms with Crippen molar-refractivity contribution in [3.8, 4) is 17.1 Å². The second-order valence-corrected chi connectivity index (χ2v) is 5.72. The molecule has 0 aliphatic heterocycles. The van der Waals surface area contributed by atoms with Crippen LogP contribution in [0.25, 0.3) is 11.3 Å². The first-order chi connectivity index (χ1) is 12.1. The number of rotatable bonds is 5. The molecule has 0 aliphatic carbocycles. The Bertz CT molecular complexity index is 904. The van der Waals surface area contributed by atoms with E-state index in [1.165, 1.54) is 7.11 Å². The van der Waals surface area contributed by atoms with Gasteiger partial charge in [-0.1, -0.05) is 23.7 Å². The molecule has 0 aliphatic rings.